The van der Waals surface area contributed by atoms with E-state index in [4.69, 9.17) is 5.73 Å². The van der Waals surface area contributed by atoms with Gasteiger partial charge in [0, 0.05) is 24.7 Å². The number of rotatable bonds is 2. The molecule has 0 saturated carbocycles. The summed E-state index contributed by atoms with van der Waals surface area (Å²) >= 11 is 0. The maximum absolute atomic E-state index is 6.52. The molecule has 2 rings (SSSR count). The van der Waals surface area contributed by atoms with Crippen LogP contribution in [0.15, 0.2) is 30.3 Å². The van der Waals surface area contributed by atoms with Crippen LogP contribution in [0.1, 0.15) is 32.3 Å². The van der Waals surface area contributed by atoms with Gasteiger partial charge in [-0.1, -0.05) is 30.3 Å². The number of nitrogens with zero attached hydrogens (tertiary/aromatic N) is 1. The minimum absolute atomic E-state index is 0.105. The minimum atomic E-state index is -0.105. The molecule has 1 heterocycles. The van der Waals surface area contributed by atoms with Crippen LogP contribution >= 0.6 is 0 Å². The smallest absolute Gasteiger partial charge is 0.0434 e. The van der Waals surface area contributed by atoms with Gasteiger partial charge in [0.25, 0.3) is 0 Å². The fourth-order valence-electron chi connectivity index (χ4n) is 2.50. The lowest BCUT2D eigenvalue weighted by molar-refractivity contribution is 0.131. The first-order chi connectivity index (χ1) is 7.62. The number of benzene rings is 1. The summed E-state index contributed by atoms with van der Waals surface area (Å²) < 4.78 is 0. The van der Waals surface area contributed by atoms with Crippen LogP contribution in [0.5, 0.6) is 0 Å². The summed E-state index contributed by atoms with van der Waals surface area (Å²) in [6.45, 7) is 6.74. The van der Waals surface area contributed by atoms with Crippen LogP contribution in [0.25, 0.3) is 0 Å². The van der Waals surface area contributed by atoms with Crippen molar-refractivity contribution in [1.82, 2.24) is 4.90 Å². The average Bonchev–Trinajstić information content (AvgIpc) is 2.31. The molecule has 2 N–H and O–H groups in total. The molecule has 0 amide bonds. The molecule has 1 saturated heterocycles. The zero-order valence-electron chi connectivity index (χ0n) is 10.3. The average molecular weight is 218 g/mol. The third-order valence-corrected chi connectivity index (χ3v) is 3.77. The lowest BCUT2D eigenvalue weighted by Gasteiger charge is -2.41. The second kappa shape index (κ2) is 4.56. The Morgan fingerprint density at radius 3 is 2.19 bits per heavy atom. The van der Waals surface area contributed by atoms with Crippen molar-refractivity contribution in [2.75, 3.05) is 13.1 Å². The summed E-state index contributed by atoms with van der Waals surface area (Å²) in [4.78, 5) is 2.51. The van der Waals surface area contributed by atoms with Gasteiger partial charge in [-0.15, -0.1) is 0 Å². The van der Waals surface area contributed by atoms with Gasteiger partial charge in [-0.2, -0.15) is 0 Å². The molecule has 1 aliphatic heterocycles. The summed E-state index contributed by atoms with van der Waals surface area (Å²) in [5.41, 5.74) is 7.70. The number of likely N-dealkylation sites (tertiary alicyclic amines) is 1. The first-order valence-electron chi connectivity index (χ1n) is 6.20. The zero-order valence-corrected chi connectivity index (χ0v) is 10.3. The maximum atomic E-state index is 6.52. The van der Waals surface area contributed by atoms with Crippen LogP contribution in [-0.4, -0.2) is 24.0 Å². The van der Waals surface area contributed by atoms with E-state index < -0.39 is 0 Å². The van der Waals surface area contributed by atoms with Crippen LogP contribution in [0, 0.1) is 0 Å². The number of piperidine rings is 1. The fraction of sp³-hybridized carbons (Fsp3) is 0.571. The Morgan fingerprint density at radius 2 is 1.69 bits per heavy atom. The van der Waals surface area contributed by atoms with Crippen molar-refractivity contribution < 1.29 is 0 Å². The van der Waals surface area contributed by atoms with Crippen molar-refractivity contribution >= 4 is 0 Å². The van der Waals surface area contributed by atoms with E-state index in [1.165, 1.54) is 5.56 Å². The monoisotopic (exact) mass is 218 g/mol. The standard InChI is InChI=1S/C14H22N2/c1-12(2)16-10-8-14(15,9-11-16)13-6-4-3-5-7-13/h3-7,12H,8-11,15H2,1-2H3. The van der Waals surface area contributed by atoms with Crippen molar-refractivity contribution in [3.63, 3.8) is 0 Å². The second-order valence-electron chi connectivity index (χ2n) is 5.15. The molecule has 1 aromatic rings. The van der Waals surface area contributed by atoms with Crippen molar-refractivity contribution in [3.8, 4) is 0 Å². The quantitative estimate of drug-likeness (QED) is 0.825. The minimum Gasteiger partial charge on any atom is -0.321 e. The van der Waals surface area contributed by atoms with Crippen molar-refractivity contribution in [1.29, 1.82) is 0 Å². The molecule has 0 atom stereocenters. The van der Waals surface area contributed by atoms with Crippen LogP contribution in [0.2, 0.25) is 0 Å². The summed E-state index contributed by atoms with van der Waals surface area (Å²) in [6.07, 6.45) is 2.13. The van der Waals surface area contributed by atoms with Gasteiger partial charge >= 0.3 is 0 Å². The topological polar surface area (TPSA) is 29.3 Å². The first kappa shape index (κ1) is 11.6. The van der Waals surface area contributed by atoms with Crippen molar-refractivity contribution in [2.45, 2.75) is 38.3 Å². The molecule has 0 bridgehead atoms. The molecule has 0 spiro atoms. The van der Waals surface area contributed by atoms with E-state index >= 15 is 0 Å². The third-order valence-electron chi connectivity index (χ3n) is 3.77. The number of nitrogens with two attached hydrogens (primary N) is 1. The van der Waals surface area contributed by atoms with Crippen LogP contribution in [-0.2, 0) is 5.54 Å². The molecule has 0 aromatic heterocycles. The summed E-state index contributed by atoms with van der Waals surface area (Å²) in [7, 11) is 0. The Kier molecular flexibility index (Phi) is 3.31. The van der Waals surface area contributed by atoms with Gasteiger partial charge in [-0.25, -0.2) is 0 Å². The summed E-state index contributed by atoms with van der Waals surface area (Å²) in [5.74, 6) is 0. The molecule has 1 aliphatic rings. The highest BCUT2D eigenvalue weighted by Crippen LogP contribution is 2.30. The van der Waals surface area contributed by atoms with E-state index in [0.29, 0.717) is 6.04 Å². The van der Waals surface area contributed by atoms with Crippen molar-refractivity contribution in [3.05, 3.63) is 35.9 Å². The largest absolute Gasteiger partial charge is 0.321 e. The normalized spacial score (nSPS) is 21.2. The molecule has 88 valence electrons. The highest BCUT2D eigenvalue weighted by molar-refractivity contribution is 5.24. The molecule has 1 aromatic carbocycles. The first-order valence-corrected chi connectivity index (χ1v) is 6.20. The molecule has 16 heavy (non-hydrogen) atoms. The van der Waals surface area contributed by atoms with E-state index in [-0.39, 0.29) is 5.54 Å². The Hall–Kier alpha value is -0.860. The van der Waals surface area contributed by atoms with Gasteiger partial charge in [0.2, 0.25) is 0 Å². The predicted octanol–water partition coefficient (Wildman–Crippen LogP) is 2.34. The molecular formula is C14H22N2. The molecular weight excluding hydrogens is 196 g/mol. The van der Waals surface area contributed by atoms with Gasteiger partial charge in [0.1, 0.15) is 0 Å². The number of hydrogen-bond donors (Lipinski definition) is 1. The molecule has 1 fully saturated rings. The third kappa shape index (κ3) is 2.28. The van der Waals surface area contributed by atoms with E-state index in [1.54, 1.807) is 0 Å². The van der Waals surface area contributed by atoms with Crippen LogP contribution < -0.4 is 5.73 Å². The SMILES string of the molecule is CC(C)N1CCC(N)(c2ccccc2)CC1. The Balaban J connectivity index is 2.07. The lowest BCUT2D eigenvalue weighted by Crippen LogP contribution is -2.49. The molecule has 2 heteroatoms. The van der Waals surface area contributed by atoms with E-state index in [1.807, 2.05) is 0 Å². The second-order valence-corrected chi connectivity index (χ2v) is 5.15. The Labute approximate surface area is 98.4 Å². The lowest BCUT2D eigenvalue weighted by atomic mass is 9.81. The van der Waals surface area contributed by atoms with E-state index in [2.05, 4.69) is 49.1 Å². The Bertz CT molecular complexity index is 324. The highest BCUT2D eigenvalue weighted by Gasteiger charge is 2.32. The molecule has 2 nitrogen and oxygen atoms in total. The van der Waals surface area contributed by atoms with Crippen LogP contribution in [0.4, 0.5) is 0 Å². The van der Waals surface area contributed by atoms with Gasteiger partial charge < -0.3 is 10.6 Å². The Morgan fingerprint density at radius 1 is 1.12 bits per heavy atom. The van der Waals surface area contributed by atoms with Gasteiger partial charge in [0.05, 0.1) is 0 Å². The zero-order chi connectivity index (χ0) is 11.6. The van der Waals surface area contributed by atoms with Gasteiger partial charge in [-0.05, 0) is 32.3 Å². The summed E-state index contributed by atoms with van der Waals surface area (Å²) in [5, 5.41) is 0. The molecule has 0 radical (unpaired) electrons. The highest BCUT2D eigenvalue weighted by atomic mass is 15.2. The molecule has 0 aliphatic carbocycles. The van der Waals surface area contributed by atoms with Gasteiger partial charge in [-0.3, -0.25) is 0 Å². The summed E-state index contributed by atoms with van der Waals surface area (Å²) in [6, 6.07) is 11.2. The van der Waals surface area contributed by atoms with Crippen LogP contribution in [0.3, 0.4) is 0 Å². The molecule has 0 unspecified atom stereocenters. The van der Waals surface area contributed by atoms with E-state index in [9.17, 15) is 0 Å². The van der Waals surface area contributed by atoms with Crippen molar-refractivity contribution in [2.24, 2.45) is 5.73 Å². The van der Waals surface area contributed by atoms with E-state index in [0.717, 1.165) is 25.9 Å². The maximum Gasteiger partial charge on any atom is 0.0434 e. The fourth-order valence-corrected chi connectivity index (χ4v) is 2.50. The number of hydrogen-bond acceptors (Lipinski definition) is 2. The van der Waals surface area contributed by atoms with Gasteiger partial charge in [0.15, 0.2) is 0 Å². The predicted molar refractivity (Wildman–Crippen MR) is 68.3 cm³/mol.